The summed E-state index contributed by atoms with van der Waals surface area (Å²) in [5.41, 5.74) is 2.02. The highest BCUT2D eigenvalue weighted by Crippen LogP contribution is 2.18. The average Bonchev–Trinajstić information content (AvgIpc) is 2.20. The van der Waals surface area contributed by atoms with Crippen LogP contribution in [0.3, 0.4) is 0 Å². The van der Waals surface area contributed by atoms with Crippen LogP contribution >= 0.6 is 0 Å². The summed E-state index contributed by atoms with van der Waals surface area (Å²) in [4.78, 5) is 0. The van der Waals surface area contributed by atoms with E-state index in [0.717, 1.165) is 30.7 Å². The fraction of sp³-hybridized carbons (Fsp3) is 0.538. The van der Waals surface area contributed by atoms with Gasteiger partial charge in [-0.25, -0.2) is 0 Å². The van der Waals surface area contributed by atoms with Gasteiger partial charge in [-0.15, -0.1) is 0 Å². The molecule has 2 radical (unpaired) electrons. The van der Waals surface area contributed by atoms with Crippen LogP contribution in [0.25, 0.3) is 0 Å². The molecule has 0 heterocycles. The van der Waals surface area contributed by atoms with Crippen molar-refractivity contribution in [2.45, 2.75) is 39.5 Å². The van der Waals surface area contributed by atoms with Gasteiger partial charge >= 0.3 is 0 Å². The molecule has 0 fully saturated rings. The lowest BCUT2D eigenvalue weighted by molar-refractivity contribution is 0.309. The summed E-state index contributed by atoms with van der Waals surface area (Å²) in [7, 11) is 5.89. The normalized spacial score (nSPS) is 10.7. The zero-order valence-electron chi connectivity index (χ0n) is 9.92. The van der Waals surface area contributed by atoms with Crippen LogP contribution in [0.15, 0.2) is 18.2 Å². The van der Waals surface area contributed by atoms with Gasteiger partial charge in [-0.2, -0.15) is 0 Å². The Labute approximate surface area is 94.3 Å². The molecule has 0 aliphatic heterocycles. The van der Waals surface area contributed by atoms with Gasteiger partial charge in [-0.1, -0.05) is 38.7 Å². The zero-order valence-corrected chi connectivity index (χ0v) is 9.92. The van der Waals surface area contributed by atoms with Crippen LogP contribution in [0, 0.1) is 0 Å². The molecule has 0 saturated carbocycles. The number of hydrogen-bond donors (Lipinski definition) is 0. The van der Waals surface area contributed by atoms with Crippen LogP contribution in [0.2, 0.25) is 0 Å². The van der Waals surface area contributed by atoms with E-state index in [0.29, 0.717) is 5.92 Å². The summed E-state index contributed by atoms with van der Waals surface area (Å²) in [6, 6.07) is 5.92. The molecular weight excluding hydrogens is 183 g/mol. The van der Waals surface area contributed by atoms with E-state index in [-0.39, 0.29) is 0 Å². The molecule has 1 aromatic carbocycles. The lowest BCUT2D eigenvalue weighted by Gasteiger charge is -2.13. The largest absolute Gasteiger partial charge is 0.494 e. The molecule has 1 rings (SSSR count). The Hall–Kier alpha value is -0.915. The van der Waals surface area contributed by atoms with Gasteiger partial charge in [0.05, 0.1) is 6.61 Å². The summed E-state index contributed by atoms with van der Waals surface area (Å²) in [6.45, 7) is 7.23. The molecule has 80 valence electrons. The molecular formula is C13H19BO. The fourth-order valence-electron chi connectivity index (χ4n) is 1.48. The average molecular weight is 202 g/mol. The Morgan fingerprint density at radius 3 is 2.67 bits per heavy atom. The number of ether oxygens (including phenoxy) is 1. The molecule has 0 atom stereocenters. The third kappa shape index (κ3) is 3.62. The molecule has 0 aliphatic rings. The maximum atomic E-state index is 5.89. The van der Waals surface area contributed by atoms with Crippen molar-refractivity contribution in [3.05, 3.63) is 23.8 Å². The van der Waals surface area contributed by atoms with Gasteiger partial charge in [0.25, 0.3) is 0 Å². The molecule has 0 bridgehead atoms. The third-order valence-electron chi connectivity index (χ3n) is 2.45. The smallest absolute Gasteiger partial charge is 0.119 e. The van der Waals surface area contributed by atoms with E-state index in [1.807, 2.05) is 12.1 Å². The van der Waals surface area contributed by atoms with E-state index in [2.05, 4.69) is 26.8 Å². The topological polar surface area (TPSA) is 9.23 Å². The Kier molecular flexibility index (Phi) is 4.74. The molecule has 1 aromatic rings. The Morgan fingerprint density at radius 2 is 2.07 bits per heavy atom. The minimum Gasteiger partial charge on any atom is -0.494 e. The quantitative estimate of drug-likeness (QED) is 0.527. The minimum absolute atomic E-state index is 0.444. The van der Waals surface area contributed by atoms with E-state index in [4.69, 9.17) is 12.6 Å². The van der Waals surface area contributed by atoms with Crippen LogP contribution in [-0.4, -0.2) is 14.5 Å². The number of benzene rings is 1. The Bertz CT molecular complexity index is 307. The molecule has 0 amide bonds. The molecule has 15 heavy (non-hydrogen) atoms. The Balaban J connectivity index is 2.70. The van der Waals surface area contributed by atoms with Crippen molar-refractivity contribution in [1.82, 2.24) is 0 Å². The number of rotatable bonds is 5. The van der Waals surface area contributed by atoms with Crippen molar-refractivity contribution < 1.29 is 4.74 Å². The maximum Gasteiger partial charge on any atom is 0.119 e. The highest BCUT2D eigenvalue weighted by atomic mass is 16.5. The first-order chi connectivity index (χ1) is 7.15. The van der Waals surface area contributed by atoms with E-state index < -0.39 is 0 Å². The molecule has 0 N–H and O–H groups in total. The predicted octanol–water partition coefficient (Wildman–Crippen LogP) is 2.78. The van der Waals surface area contributed by atoms with Gasteiger partial charge in [-0.3, -0.25) is 0 Å². The lowest BCUT2D eigenvalue weighted by atomic mass is 9.85. The molecule has 0 aliphatic carbocycles. The molecule has 0 unspecified atom stereocenters. The third-order valence-corrected chi connectivity index (χ3v) is 2.45. The standard InChI is InChI=1S/C13H19BO/c1-4-5-8-15-11-6-7-13(14)12(9-11)10(2)3/h6-7,9-10H,4-5,8H2,1-3H3. The summed E-state index contributed by atoms with van der Waals surface area (Å²) < 4.78 is 5.64. The van der Waals surface area contributed by atoms with Gasteiger partial charge in [0.1, 0.15) is 13.6 Å². The monoisotopic (exact) mass is 202 g/mol. The molecule has 1 nitrogen and oxygen atoms in total. The van der Waals surface area contributed by atoms with E-state index in [9.17, 15) is 0 Å². The van der Waals surface area contributed by atoms with Gasteiger partial charge in [0.15, 0.2) is 0 Å². The predicted molar refractivity (Wildman–Crippen MR) is 66.3 cm³/mol. The van der Waals surface area contributed by atoms with Crippen LogP contribution in [0.1, 0.15) is 45.1 Å². The highest BCUT2D eigenvalue weighted by Gasteiger charge is 2.04. The van der Waals surface area contributed by atoms with Gasteiger partial charge in [-0.05, 0) is 30.0 Å². The molecule has 0 saturated heterocycles. The van der Waals surface area contributed by atoms with Crippen molar-refractivity contribution in [3.63, 3.8) is 0 Å². The summed E-state index contributed by atoms with van der Waals surface area (Å²) in [5, 5.41) is 0. The summed E-state index contributed by atoms with van der Waals surface area (Å²) in [5.74, 6) is 1.38. The maximum absolute atomic E-state index is 5.89. The van der Waals surface area contributed by atoms with Gasteiger partial charge in [0.2, 0.25) is 0 Å². The SMILES string of the molecule is [B]c1ccc(OCCCC)cc1C(C)C. The van der Waals surface area contributed by atoms with E-state index in [1.54, 1.807) is 0 Å². The minimum atomic E-state index is 0.444. The second-order valence-electron chi connectivity index (χ2n) is 4.15. The van der Waals surface area contributed by atoms with Crippen molar-refractivity contribution in [2.24, 2.45) is 0 Å². The number of hydrogen-bond acceptors (Lipinski definition) is 1. The zero-order chi connectivity index (χ0) is 11.3. The molecule has 2 heteroatoms. The second kappa shape index (κ2) is 5.84. The van der Waals surface area contributed by atoms with Crippen molar-refractivity contribution in [3.8, 4) is 5.75 Å². The highest BCUT2D eigenvalue weighted by molar-refractivity contribution is 6.33. The van der Waals surface area contributed by atoms with Crippen molar-refractivity contribution >= 4 is 13.3 Å². The second-order valence-corrected chi connectivity index (χ2v) is 4.15. The van der Waals surface area contributed by atoms with E-state index in [1.165, 1.54) is 5.56 Å². The van der Waals surface area contributed by atoms with E-state index >= 15 is 0 Å². The lowest BCUT2D eigenvalue weighted by Crippen LogP contribution is -2.11. The van der Waals surface area contributed by atoms with Crippen LogP contribution in [0.5, 0.6) is 5.75 Å². The first-order valence-electron chi connectivity index (χ1n) is 5.67. The van der Waals surface area contributed by atoms with Crippen LogP contribution < -0.4 is 10.2 Å². The Morgan fingerprint density at radius 1 is 1.33 bits per heavy atom. The van der Waals surface area contributed by atoms with Crippen molar-refractivity contribution in [1.29, 1.82) is 0 Å². The first-order valence-corrected chi connectivity index (χ1v) is 5.67. The van der Waals surface area contributed by atoms with Crippen molar-refractivity contribution in [2.75, 3.05) is 6.61 Å². The number of unbranched alkanes of at least 4 members (excludes halogenated alkanes) is 1. The first kappa shape index (κ1) is 12.2. The van der Waals surface area contributed by atoms with Gasteiger partial charge < -0.3 is 4.74 Å². The van der Waals surface area contributed by atoms with Gasteiger partial charge in [0, 0.05) is 0 Å². The van der Waals surface area contributed by atoms with Crippen LogP contribution in [0.4, 0.5) is 0 Å². The summed E-state index contributed by atoms with van der Waals surface area (Å²) >= 11 is 0. The summed E-state index contributed by atoms with van der Waals surface area (Å²) in [6.07, 6.45) is 2.26. The molecule has 0 aromatic heterocycles. The van der Waals surface area contributed by atoms with Crippen LogP contribution in [-0.2, 0) is 0 Å². The molecule has 0 spiro atoms. The fourth-order valence-corrected chi connectivity index (χ4v) is 1.48.